The number of hydrogen-bond donors (Lipinski definition) is 1. The van der Waals surface area contributed by atoms with Crippen LogP contribution < -0.4 is 14.8 Å². The number of nitrogens with one attached hydrogen (secondary N) is 1. The van der Waals surface area contributed by atoms with Gasteiger partial charge in [-0.25, -0.2) is 0 Å². The molecule has 0 radical (unpaired) electrons. The van der Waals surface area contributed by atoms with Gasteiger partial charge in [-0.05, 0) is 36.2 Å². The van der Waals surface area contributed by atoms with Crippen molar-refractivity contribution in [3.05, 3.63) is 57.6 Å². The van der Waals surface area contributed by atoms with E-state index in [2.05, 4.69) is 16.4 Å². The summed E-state index contributed by atoms with van der Waals surface area (Å²) in [7, 11) is 2.91. The molecule has 0 heterocycles. The molecule has 0 aliphatic heterocycles. The quantitative estimate of drug-likeness (QED) is 0.370. The van der Waals surface area contributed by atoms with Crippen molar-refractivity contribution in [1.82, 2.24) is 5.32 Å². The first-order valence-corrected chi connectivity index (χ1v) is 9.33. The molecule has 0 aliphatic carbocycles. The van der Waals surface area contributed by atoms with Gasteiger partial charge in [-0.2, -0.15) is 0 Å². The van der Waals surface area contributed by atoms with Crippen molar-refractivity contribution in [2.75, 3.05) is 27.4 Å². The largest absolute Gasteiger partial charge is 0.493 e. The highest BCUT2D eigenvalue weighted by Gasteiger charge is 2.16. The van der Waals surface area contributed by atoms with Gasteiger partial charge in [-0.3, -0.25) is 4.79 Å². The Bertz CT molecular complexity index is 939. The Balaban J connectivity index is 2.02. The molecule has 2 rings (SSSR count). The maximum absolute atomic E-state index is 12.6. The molecule has 0 bridgehead atoms. The van der Waals surface area contributed by atoms with E-state index in [4.69, 9.17) is 43.9 Å². The van der Waals surface area contributed by atoms with Crippen molar-refractivity contribution in [3.8, 4) is 23.8 Å². The highest BCUT2D eigenvalue weighted by atomic mass is 35.5. The lowest BCUT2D eigenvalue weighted by molar-refractivity contribution is -0.114. The normalized spacial score (nSPS) is 10.8. The molecule has 0 saturated heterocycles. The smallest absolute Gasteiger partial charge is 0.273 e. The zero-order chi connectivity index (χ0) is 21.2. The summed E-state index contributed by atoms with van der Waals surface area (Å²) in [5, 5.41) is 7.32. The van der Waals surface area contributed by atoms with Gasteiger partial charge < -0.3 is 19.6 Å². The van der Waals surface area contributed by atoms with Gasteiger partial charge in [0.15, 0.2) is 17.2 Å². The first-order valence-electron chi connectivity index (χ1n) is 8.58. The molecule has 8 heteroatoms. The second kappa shape index (κ2) is 11.2. The predicted octanol–water partition coefficient (Wildman–Crippen LogP) is 3.72. The summed E-state index contributed by atoms with van der Waals surface area (Å²) < 4.78 is 10.7. The maximum atomic E-state index is 12.6. The van der Waals surface area contributed by atoms with Crippen LogP contribution in [0.3, 0.4) is 0 Å². The summed E-state index contributed by atoms with van der Waals surface area (Å²) in [6.07, 6.45) is 5.78. The third-order valence-electron chi connectivity index (χ3n) is 3.83. The van der Waals surface area contributed by atoms with E-state index < -0.39 is 5.91 Å². The van der Waals surface area contributed by atoms with Crippen molar-refractivity contribution in [3.63, 3.8) is 0 Å². The third kappa shape index (κ3) is 6.31. The summed E-state index contributed by atoms with van der Waals surface area (Å²) in [6, 6.07) is 10.3. The molecule has 0 aromatic heterocycles. The summed E-state index contributed by atoms with van der Waals surface area (Å²) in [5.41, 5.74) is 1.55. The molecule has 0 spiro atoms. The highest BCUT2D eigenvalue weighted by Crippen LogP contribution is 2.28. The first-order chi connectivity index (χ1) is 14.0. The van der Waals surface area contributed by atoms with E-state index in [-0.39, 0.29) is 12.3 Å². The molecule has 0 aliphatic rings. The maximum Gasteiger partial charge on any atom is 0.273 e. The summed E-state index contributed by atoms with van der Waals surface area (Å²) in [6.45, 7) is 0.526. The van der Waals surface area contributed by atoms with Crippen molar-refractivity contribution in [2.45, 2.75) is 6.42 Å². The van der Waals surface area contributed by atoms with Crippen LogP contribution in [0.1, 0.15) is 11.1 Å². The van der Waals surface area contributed by atoms with E-state index in [9.17, 15) is 4.79 Å². The van der Waals surface area contributed by atoms with Gasteiger partial charge in [-0.15, -0.1) is 6.42 Å². The Morgan fingerprint density at radius 1 is 1.14 bits per heavy atom. The second-order valence-corrected chi connectivity index (χ2v) is 6.55. The molecule has 1 N–H and O–H groups in total. The molecule has 0 saturated carbocycles. The Hall–Kier alpha value is -2.88. The number of amides is 1. The van der Waals surface area contributed by atoms with E-state index in [0.29, 0.717) is 40.1 Å². The Labute approximate surface area is 179 Å². The van der Waals surface area contributed by atoms with Crippen LogP contribution in [-0.2, 0) is 16.1 Å². The monoisotopic (exact) mass is 434 g/mol. The Kier molecular flexibility index (Phi) is 8.66. The van der Waals surface area contributed by atoms with Crippen LogP contribution in [0, 0.1) is 12.3 Å². The van der Waals surface area contributed by atoms with Crippen LogP contribution in [0.5, 0.6) is 11.5 Å². The number of methoxy groups -OCH3 is 1. The van der Waals surface area contributed by atoms with Crippen molar-refractivity contribution in [2.24, 2.45) is 5.16 Å². The van der Waals surface area contributed by atoms with Gasteiger partial charge in [0.05, 0.1) is 17.2 Å². The number of carbonyl (C=O) groups is 1. The SMILES string of the molecule is C#CCOc1ccc(CCNC(=O)C(=NOC)c2ccc(Cl)c(Cl)c2)cc1OC. The van der Waals surface area contributed by atoms with Crippen LogP contribution in [-0.4, -0.2) is 39.0 Å². The van der Waals surface area contributed by atoms with Crippen LogP contribution in [0.15, 0.2) is 41.6 Å². The molecule has 1 amide bonds. The average Bonchev–Trinajstić information content (AvgIpc) is 2.72. The fourth-order valence-electron chi connectivity index (χ4n) is 2.47. The van der Waals surface area contributed by atoms with Crippen LogP contribution in [0.2, 0.25) is 10.0 Å². The highest BCUT2D eigenvalue weighted by molar-refractivity contribution is 6.47. The zero-order valence-electron chi connectivity index (χ0n) is 16.0. The number of oxime groups is 1. The first kappa shape index (κ1) is 22.4. The van der Waals surface area contributed by atoms with E-state index in [1.165, 1.54) is 7.11 Å². The minimum Gasteiger partial charge on any atom is -0.493 e. The molecule has 0 fully saturated rings. The number of carbonyl (C=O) groups excluding carboxylic acids is 1. The number of ether oxygens (including phenoxy) is 2. The molecular weight excluding hydrogens is 415 g/mol. The van der Waals surface area contributed by atoms with E-state index >= 15 is 0 Å². The average molecular weight is 435 g/mol. The summed E-state index contributed by atoms with van der Waals surface area (Å²) in [5.74, 6) is 3.14. The lowest BCUT2D eigenvalue weighted by atomic mass is 10.1. The number of terminal acetylenes is 1. The standard InChI is InChI=1S/C21H20Cl2N2O4/c1-4-11-29-18-8-5-14(12-19(18)27-2)9-10-24-21(26)20(25-28-3)15-6-7-16(22)17(23)13-15/h1,5-8,12-13H,9-11H2,2-3H3,(H,24,26). The molecule has 6 nitrogen and oxygen atoms in total. The molecule has 152 valence electrons. The molecule has 0 atom stereocenters. The number of benzene rings is 2. The van der Waals surface area contributed by atoms with Crippen molar-refractivity contribution in [1.29, 1.82) is 0 Å². The number of nitrogens with zero attached hydrogens (tertiary/aromatic N) is 1. The van der Waals surface area contributed by atoms with E-state index in [1.807, 2.05) is 12.1 Å². The predicted molar refractivity (Wildman–Crippen MR) is 114 cm³/mol. The number of hydrogen-bond acceptors (Lipinski definition) is 5. The van der Waals surface area contributed by atoms with Crippen molar-refractivity contribution >= 4 is 34.8 Å². The summed E-state index contributed by atoms with van der Waals surface area (Å²) >= 11 is 12.0. The molecule has 2 aromatic carbocycles. The van der Waals surface area contributed by atoms with Crippen LogP contribution >= 0.6 is 23.2 Å². The number of halogens is 2. The number of rotatable bonds is 9. The van der Waals surface area contributed by atoms with Crippen LogP contribution in [0.4, 0.5) is 0 Å². The Morgan fingerprint density at radius 2 is 1.93 bits per heavy atom. The lowest BCUT2D eigenvalue weighted by Gasteiger charge is -2.11. The summed E-state index contributed by atoms with van der Waals surface area (Å²) in [4.78, 5) is 17.4. The van der Waals surface area contributed by atoms with Gasteiger partial charge in [0.2, 0.25) is 0 Å². The molecule has 29 heavy (non-hydrogen) atoms. The minimum absolute atomic E-state index is 0.0988. The van der Waals surface area contributed by atoms with Gasteiger partial charge in [0.1, 0.15) is 13.7 Å². The van der Waals surface area contributed by atoms with E-state index in [0.717, 1.165) is 5.56 Å². The van der Waals surface area contributed by atoms with Gasteiger partial charge in [-0.1, -0.05) is 46.4 Å². The van der Waals surface area contributed by atoms with E-state index in [1.54, 1.807) is 31.4 Å². The zero-order valence-corrected chi connectivity index (χ0v) is 17.5. The van der Waals surface area contributed by atoms with Crippen LogP contribution in [0.25, 0.3) is 0 Å². The molecular formula is C21H20Cl2N2O4. The lowest BCUT2D eigenvalue weighted by Crippen LogP contribution is -2.33. The molecule has 2 aromatic rings. The van der Waals surface area contributed by atoms with Crippen molar-refractivity contribution < 1.29 is 19.1 Å². The minimum atomic E-state index is -0.397. The van der Waals surface area contributed by atoms with Gasteiger partial charge >= 0.3 is 0 Å². The molecule has 0 unspecified atom stereocenters. The third-order valence-corrected chi connectivity index (χ3v) is 4.57. The fourth-order valence-corrected chi connectivity index (χ4v) is 2.77. The second-order valence-electron chi connectivity index (χ2n) is 5.74. The van der Waals surface area contributed by atoms with Gasteiger partial charge in [0, 0.05) is 12.1 Å². The topological polar surface area (TPSA) is 69.2 Å². The fraction of sp³-hybridized carbons (Fsp3) is 0.238. The Morgan fingerprint density at radius 3 is 2.59 bits per heavy atom. The van der Waals surface area contributed by atoms with Gasteiger partial charge in [0.25, 0.3) is 5.91 Å².